The summed E-state index contributed by atoms with van der Waals surface area (Å²) in [6.45, 7) is 6.35. The molecule has 0 bridgehead atoms. The van der Waals surface area contributed by atoms with Crippen molar-refractivity contribution in [3.63, 3.8) is 0 Å². The van der Waals surface area contributed by atoms with Crippen molar-refractivity contribution in [1.29, 1.82) is 0 Å². The molecule has 0 radical (unpaired) electrons. The van der Waals surface area contributed by atoms with E-state index < -0.39 is 0 Å². The van der Waals surface area contributed by atoms with Crippen LogP contribution in [0.2, 0.25) is 10.0 Å². The maximum Gasteiger partial charge on any atom is 0.277 e. The van der Waals surface area contributed by atoms with Crippen LogP contribution in [0, 0.1) is 13.8 Å². The second-order valence-electron chi connectivity index (χ2n) is 7.47. The molecule has 178 valence electrons. The van der Waals surface area contributed by atoms with Crippen LogP contribution in [0.4, 0.5) is 0 Å². The molecule has 1 N–H and O–H groups in total. The Hall–Kier alpha value is -3.22. The van der Waals surface area contributed by atoms with Gasteiger partial charge in [-0.2, -0.15) is 5.10 Å². The Morgan fingerprint density at radius 1 is 0.971 bits per heavy atom. The molecule has 0 unspecified atom stereocenters. The molecular weight excluding hydrogens is 475 g/mol. The molecule has 6 nitrogen and oxygen atoms in total. The number of hydrogen-bond acceptors (Lipinski definition) is 5. The Labute approximate surface area is 209 Å². The molecule has 3 aromatic rings. The number of amides is 1. The van der Waals surface area contributed by atoms with Gasteiger partial charge in [-0.1, -0.05) is 47.5 Å². The minimum absolute atomic E-state index is 0.132. The summed E-state index contributed by atoms with van der Waals surface area (Å²) in [7, 11) is 0. The largest absolute Gasteiger partial charge is 0.490 e. The van der Waals surface area contributed by atoms with Gasteiger partial charge in [0.1, 0.15) is 12.4 Å². The fraction of sp³-hybridized carbons (Fsp3) is 0.231. The second-order valence-corrected chi connectivity index (χ2v) is 8.31. The molecule has 0 saturated heterocycles. The van der Waals surface area contributed by atoms with Crippen LogP contribution in [0.3, 0.4) is 0 Å². The maximum absolute atomic E-state index is 12.1. The highest BCUT2D eigenvalue weighted by Crippen LogP contribution is 2.30. The van der Waals surface area contributed by atoms with Crippen molar-refractivity contribution < 1.29 is 19.0 Å². The minimum Gasteiger partial charge on any atom is -0.490 e. The zero-order valence-corrected chi connectivity index (χ0v) is 20.7. The van der Waals surface area contributed by atoms with E-state index in [4.69, 9.17) is 37.4 Å². The van der Waals surface area contributed by atoms with Gasteiger partial charge in [-0.05, 0) is 67.8 Å². The van der Waals surface area contributed by atoms with E-state index in [2.05, 4.69) is 10.5 Å². The van der Waals surface area contributed by atoms with E-state index in [-0.39, 0.29) is 19.1 Å². The van der Waals surface area contributed by atoms with Gasteiger partial charge < -0.3 is 14.2 Å². The molecule has 0 atom stereocenters. The smallest absolute Gasteiger partial charge is 0.277 e. The van der Waals surface area contributed by atoms with E-state index in [1.54, 1.807) is 24.3 Å². The Morgan fingerprint density at radius 2 is 1.74 bits per heavy atom. The van der Waals surface area contributed by atoms with E-state index in [9.17, 15) is 4.79 Å². The number of hydrogen-bond donors (Lipinski definition) is 1. The quantitative estimate of drug-likeness (QED) is 0.269. The number of carbonyl (C=O) groups excluding carboxylic acids is 1. The van der Waals surface area contributed by atoms with Crippen molar-refractivity contribution in [2.75, 3.05) is 13.2 Å². The molecule has 0 aromatic heterocycles. The van der Waals surface area contributed by atoms with E-state index in [1.807, 2.05) is 51.1 Å². The number of hydrazone groups is 1. The lowest BCUT2D eigenvalue weighted by molar-refractivity contribution is -0.123. The van der Waals surface area contributed by atoms with Crippen LogP contribution < -0.4 is 19.6 Å². The summed E-state index contributed by atoms with van der Waals surface area (Å²) in [5, 5.41) is 5.11. The van der Waals surface area contributed by atoms with E-state index in [0.717, 1.165) is 22.3 Å². The fourth-order valence-corrected chi connectivity index (χ4v) is 3.63. The van der Waals surface area contributed by atoms with Gasteiger partial charge in [0.15, 0.2) is 18.1 Å². The maximum atomic E-state index is 12.1. The average molecular weight is 501 g/mol. The molecule has 3 rings (SSSR count). The molecule has 0 saturated carbocycles. The highest BCUT2D eigenvalue weighted by atomic mass is 35.5. The minimum atomic E-state index is -0.358. The number of benzene rings is 3. The van der Waals surface area contributed by atoms with Gasteiger partial charge >= 0.3 is 0 Å². The first-order valence-corrected chi connectivity index (χ1v) is 11.5. The number of nitrogens with zero attached hydrogens (tertiary/aromatic N) is 1. The summed E-state index contributed by atoms with van der Waals surface area (Å²) < 4.78 is 17.2. The van der Waals surface area contributed by atoms with Crippen LogP contribution in [-0.2, 0) is 11.4 Å². The van der Waals surface area contributed by atoms with Crippen molar-refractivity contribution >= 4 is 35.3 Å². The number of carbonyl (C=O) groups is 1. The van der Waals surface area contributed by atoms with Crippen molar-refractivity contribution in [3.8, 4) is 17.2 Å². The van der Waals surface area contributed by atoms with Crippen molar-refractivity contribution in [2.24, 2.45) is 5.10 Å². The highest BCUT2D eigenvalue weighted by molar-refractivity contribution is 6.35. The summed E-state index contributed by atoms with van der Waals surface area (Å²) in [5.41, 5.74) is 5.96. The Kier molecular flexibility index (Phi) is 9.19. The molecule has 34 heavy (non-hydrogen) atoms. The van der Waals surface area contributed by atoms with E-state index in [1.165, 1.54) is 6.21 Å². The highest BCUT2D eigenvalue weighted by Gasteiger charge is 2.09. The molecule has 1 amide bonds. The van der Waals surface area contributed by atoms with Crippen molar-refractivity contribution in [1.82, 2.24) is 5.43 Å². The predicted molar refractivity (Wildman–Crippen MR) is 136 cm³/mol. The first-order valence-electron chi connectivity index (χ1n) is 10.7. The van der Waals surface area contributed by atoms with E-state index >= 15 is 0 Å². The molecular formula is C26H26Cl2N2O4. The van der Waals surface area contributed by atoms with Gasteiger partial charge in [0.25, 0.3) is 5.91 Å². The number of rotatable bonds is 10. The first kappa shape index (κ1) is 25.4. The number of ether oxygens (including phenoxy) is 3. The number of para-hydroxylation sites is 1. The summed E-state index contributed by atoms with van der Waals surface area (Å²) in [6.07, 6.45) is 1.53. The van der Waals surface area contributed by atoms with Gasteiger partial charge in [0.2, 0.25) is 0 Å². The van der Waals surface area contributed by atoms with Gasteiger partial charge in [-0.15, -0.1) is 0 Å². The summed E-state index contributed by atoms with van der Waals surface area (Å²) in [5.74, 6) is 1.47. The van der Waals surface area contributed by atoms with Crippen molar-refractivity contribution in [2.45, 2.75) is 27.4 Å². The molecule has 0 heterocycles. The zero-order chi connectivity index (χ0) is 24.5. The lowest BCUT2D eigenvalue weighted by Crippen LogP contribution is -2.25. The fourth-order valence-electron chi connectivity index (χ4n) is 3.16. The normalized spacial score (nSPS) is 10.9. The van der Waals surface area contributed by atoms with Gasteiger partial charge in [-0.3, -0.25) is 4.79 Å². The number of nitrogens with one attached hydrogen (secondary N) is 1. The van der Waals surface area contributed by atoms with Crippen LogP contribution in [-0.4, -0.2) is 25.3 Å². The third-order valence-electron chi connectivity index (χ3n) is 4.83. The Balaban J connectivity index is 1.58. The van der Waals surface area contributed by atoms with Crippen LogP contribution in [0.25, 0.3) is 0 Å². The molecule has 0 aliphatic heterocycles. The molecule has 0 spiro atoms. The standard InChI is InChI=1S/C26H26Cl2N2O4/c1-4-32-24-12-19(8-11-23(24)33-15-20-9-10-21(27)13-22(20)28)14-29-30-25(31)16-34-26-17(2)6-5-7-18(26)3/h5-14H,4,15-16H2,1-3H3,(H,30,31)/b29-14-. The topological polar surface area (TPSA) is 69.2 Å². The summed E-state index contributed by atoms with van der Waals surface area (Å²) in [4.78, 5) is 12.1. The molecule has 0 aliphatic carbocycles. The number of halogens is 2. The number of aryl methyl sites for hydroxylation is 2. The second kappa shape index (κ2) is 12.3. The third-order valence-corrected chi connectivity index (χ3v) is 5.41. The first-order chi connectivity index (χ1) is 16.4. The molecule has 0 aliphatic rings. The lowest BCUT2D eigenvalue weighted by atomic mass is 10.1. The summed E-state index contributed by atoms with van der Waals surface area (Å²) in [6, 6.07) is 16.4. The van der Waals surface area contributed by atoms with E-state index in [0.29, 0.717) is 33.9 Å². The SMILES string of the molecule is CCOc1cc(/C=N\NC(=O)COc2c(C)cccc2C)ccc1OCc1ccc(Cl)cc1Cl. The lowest BCUT2D eigenvalue weighted by Gasteiger charge is -2.13. The van der Waals surface area contributed by atoms with Gasteiger partial charge in [0, 0.05) is 15.6 Å². The van der Waals surface area contributed by atoms with Gasteiger partial charge in [0.05, 0.1) is 12.8 Å². The van der Waals surface area contributed by atoms with Crippen LogP contribution >= 0.6 is 23.2 Å². The van der Waals surface area contributed by atoms with Gasteiger partial charge in [-0.25, -0.2) is 5.43 Å². The van der Waals surface area contributed by atoms with Crippen LogP contribution in [0.1, 0.15) is 29.2 Å². The van der Waals surface area contributed by atoms with Crippen LogP contribution in [0.5, 0.6) is 17.2 Å². The summed E-state index contributed by atoms with van der Waals surface area (Å²) >= 11 is 12.2. The van der Waals surface area contributed by atoms with Crippen molar-refractivity contribution in [3.05, 3.63) is 86.9 Å². The molecule has 0 fully saturated rings. The molecule has 3 aromatic carbocycles. The predicted octanol–water partition coefficient (Wildman–Crippen LogP) is 6.12. The van der Waals surface area contributed by atoms with Crippen LogP contribution in [0.15, 0.2) is 59.7 Å². The monoisotopic (exact) mass is 500 g/mol. The Bertz CT molecular complexity index is 1160. The zero-order valence-electron chi connectivity index (χ0n) is 19.2. The average Bonchev–Trinajstić information content (AvgIpc) is 2.79. The molecule has 8 heteroatoms. The third kappa shape index (κ3) is 7.14. The Morgan fingerprint density at radius 3 is 2.44 bits per heavy atom.